The second kappa shape index (κ2) is 8.74. The Kier molecular flexibility index (Phi) is 6.80. The van der Waals surface area contributed by atoms with Crippen LogP contribution in [-0.2, 0) is 10.3 Å². The molecule has 2 atom stereocenters. The van der Waals surface area contributed by atoms with Crippen molar-refractivity contribution in [3.8, 4) is 0 Å². The summed E-state index contributed by atoms with van der Waals surface area (Å²) in [6.45, 7) is 9.94. The van der Waals surface area contributed by atoms with Gasteiger partial charge in [-0.1, -0.05) is 31.8 Å². The van der Waals surface area contributed by atoms with Gasteiger partial charge < -0.3 is 15.2 Å². The van der Waals surface area contributed by atoms with Gasteiger partial charge in [0.25, 0.3) is 0 Å². The van der Waals surface area contributed by atoms with Gasteiger partial charge in [-0.2, -0.15) is 0 Å². The van der Waals surface area contributed by atoms with Crippen molar-refractivity contribution in [1.29, 1.82) is 0 Å². The number of ether oxygens (including phenoxy) is 1. The molecule has 2 heterocycles. The van der Waals surface area contributed by atoms with E-state index >= 15 is 0 Å². The van der Waals surface area contributed by atoms with Gasteiger partial charge in [0.1, 0.15) is 0 Å². The number of hydrogen-bond acceptors (Lipinski definition) is 4. The number of hydrogen-bond donors (Lipinski definition) is 2. The van der Waals surface area contributed by atoms with Crippen LogP contribution in [0.15, 0.2) is 24.3 Å². The molecule has 27 heavy (non-hydrogen) atoms. The van der Waals surface area contributed by atoms with Crippen LogP contribution in [0, 0.1) is 5.92 Å². The molecule has 1 aromatic carbocycles. The van der Waals surface area contributed by atoms with Crippen molar-refractivity contribution < 1.29 is 9.84 Å². The predicted octanol–water partition coefficient (Wildman–Crippen LogP) is 4.45. The van der Waals surface area contributed by atoms with E-state index in [4.69, 9.17) is 4.74 Å². The van der Waals surface area contributed by atoms with Crippen molar-refractivity contribution in [3.63, 3.8) is 0 Å². The van der Waals surface area contributed by atoms with Crippen molar-refractivity contribution in [2.24, 2.45) is 5.92 Å². The summed E-state index contributed by atoms with van der Waals surface area (Å²) in [5, 5.41) is 16.8. The van der Waals surface area contributed by atoms with Gasteiger partial charge in [-0.05, 0) is 66.2 Å². The van der Waals surface area contributed by atoms with Crippen LogP contribution >= 0.6 is 11.3 Å². The van der Waals surface area contributed by atoms with Crippen LogP contribution in [0.25, 0.3) is 10.1 Å². The maximum Gasteiger partial charge on any atom is 0.0942 e. The molecule has 1 unspecified atom stereocenters. The van der Waals surface area contributed by atoms with Crippen LogP contribution < -0.4 is 9.82 Å². The fourth-order valence-corrected chi connectivity index (χ4v) is 7.24. The first-order valence-corrected chi connectivity index (χ1v) is 14.6. The molecule has 0 bridgehead atoms. The van der Waals surface area contributed by atoms with Gasteiger partial charge in [-0.15, -0.1) is 11.3 Å². The van der Waals surface area contributed by atoms with E-state index in [-0.39, 0.29) is 5.92 Å². The number of benzene rings is 1. The Labute approximate surface area is 169 Å². The van der Waals surface area contributed by atoms with Crippen molar-refractivity contribution in [2.45, 2.75) is 57.3 Å². The van der Waals surface area contributed by atoms with Gasteiger partial charge in [0.2, 0.25) is 0 Å². The average molecular weight is 406 g/mol. The number of nitrogens with one attached hydrogen (secondary N) is 1. The molecule has 1 aliphatic rings. The summed E-state index contributed by atoms with van der Waals surface area (Å²) in [4.78, 5) is 0. The molecule has 0 radical (unpaired) electrons. The molecular weight excluding hydrogens is 370 g/mol. The van der Waals surface area contributed by atoms with E-state index in [0.717, 1.165) is 57.4 Å². The normalized spacial score (nSPS) is 20.7. The summed E-state index contributed by atoms with van der Waals surface area (Å²) in [7, 11) is 0.385. The maximum absolute atomic E-state index is 12.1. The molecule has 2 aromatic rings. The lowest BCUT2D eigenvalue weighted by Crippen LogP contribution is -2.44. The third-order valence-electron chi connectivity index (χ3n) is 5.90. The van der Waals surface area contributed by atoms with Crippen molar-refractivity contribution in [3.05, 3.63) is 29.8 Å². The van der Waals surface area contributed by atoms with Gasteiger partial charge in [0.05, 0.1) is 13.7 Å². The number of unbranched alkanes of at least 4 members (excludes halogenated alkanes) is 1. The van der Waals surface area contributed by atoms with Crippen LogP contribution in [-0.4, -0.2) is 40.0 Å². The first-order valence-electron chi connectivity index (χ1n) is 10.3. The minimum absolute atomic E-state index is 0.273. The van der Waals surface area contributed by atoms with E-state index in [1.807, 2.05) is 11.3 Å². The zero-order valence-corrected chi connectivity index (χ0v) is 19.1. The van der Waals surface area contributed by atoms with E-state index < -0.39 is 13.7 Å². The second-order valence-electron chi connectivity index (χ2n) is 9.00. The Morgan fingerprint density at radius 2 is 2.11 bits per heavy atom. The molecule has 0 aliphatic carbocycles. The average Bonchev–Trinajstić information content (AvgIpc) is 3.10. The summed E-state index contributed by atoms with van der Waals surface area (Å²) < 4.78 is 8.08. The standard InChI is InChI=1S/C22H35NO2SSi/c1-25-14-6-5-12-22(24,17-9-8-13-23-16-17)19-10-7-11-20-18(19)15-21(26-20)27(2,3)4/h7,10-11,15,17,23-24H,5-6,8-9,12-14,16H2,1-4H3/t17?,22-/m0/s1. The topological polar surface area (TPSA) is 41.5 Å². The zero-order chi connectivity index (χ0) is 19.5. The largest absolute Gasteiger partial charge is 0.385 e. The molecule has 1 saturated heterocycles. The minimum atomic E-state index is -1.37. The highest BCUT2D eigenvalue weighted by atomic mass is 32.1. The lowest BCUT2D eigenvalue weighted by atomic mass is 9.73. The Morgan fingerprint density at radius 3 is 2.78 bits per heavy atom. The molecule has 150 valence electrons. The highest BCUT2D eigenvalue weighted by molar-refractivity contribution is 7.31. The van der Waals surface area contributed by atoms with Gasteiger partial charge >= 0.3 is 0 Å². The number of rotatable bonds is 8. The van der Waals surface area contributed by atoms with E-state index in [1.54, 1.807) is 7.11 Å². The summed E-state index contributed by atoms with van der Waals surface area (Å²) in [6, 6.07) is 8.92. The van der Waals surface area contributed by atoms with Crippen LogP contribution in [0.5, 0.6) is 0 Å². The van der Waals surface area contributed by atoms with E-state index in [2.05, 4.69) is 49.2 Å². The van der Waals surface area contributed by atoms with E-state index in [9.17, 15) is 5.11 Å². The second-order valence-corrected chi connectivity index (χ2v) is 15.5. The minimum Gasteiger partial charge on any atom is -0.385 e. The maximum atomic E-state index is 12.1. The fourth-order valence-electron chi connectivity index (χ4n) is 4.27. The summed E-state index contributed by atoms with van der Waals surface area (Å²) >= 11 is 1.93. The first kappa shape index (κ1) is 21.0. The van der Waals surface area contributed by atoms with Crippen molar-refractivity contribution in [1.82, 2.24) is 5.32 Å². The molecule has 3 rings (SSSR count). The lowest BCUT2D eigenvalue weighted by Gasteiger charge is -2.40. The van der Waals surface area contributed by atoms with Crippen molar-refractivity contribution >= 4 is 34.0 Å². The van der Waals surface area contributed by atoms with E-state index in [1.165, 1.54) is 14.6 Å². The highest BCUT2D eigenvalue weighted by Crippen LogP contribution is 2.42. The molecule has 2 N–H and O–H groups in total. The quantitative estimate of drug-likeness (QED) is 0.503. The molecule has 0 saturated carbocycles. The Balaban J connectivity index is 2.01. The van der Waals surface area contributed by atoms with Crippen LogP contribution in [0.2, 0.25) is 19.6 Å². The monoisotopic (exact) mass is 405 g/mol. The Hall–Kier alpha value is -0.723. The summed E-state index contributed by atoms with van der Waals surface area (Å²) in [6.07, 6.45) is 5.03. The zero-order valence-electron chi connectivity index (χ0n) is 17.3. The number of fused-ring (bicyclic) bond motifs is 1. The predicted molar refractivity (Wildman–Crippen MR) is 120 cm³/mol. The molecule has 1 aliphatic heterocycles. The third kappa shape index (κ3) is 4.65. The number of piperidine rings is 1. The number of thiophene rings is 1. The van der Waals surface area contributed by atoms with Crippen molar-refractivity contribution in [2.75, 3.05) is 26.8 Å². The first-order chi connectivity index (χ1) is 12.9. The molecule has 5 heteroatoms. The van der Waals surface area contributed by atoms with Crippen LogP contribution in [0.1, 0.15) is 37.7 Å². The molecule has 0 amide bonds. The third-order valence-corrected chi connectivity index (χ3v) is 10.6. The van der Waals surface area contributed by atoms with Gasteiger partial charge in [0.15, 0.2) is 0 Å². The molecule has 1 aromatic heterocycles. The van der Waals surface area contributed by atoms with Crippen LogP contribution in [0.3, 0.4) is 0 Å². The lowest BCUT2D eigenvalue weighted by molar-refractivity contribution is -0.0421. The fraction of sp³-hybridized carbons (Fsp3) is 0.636. The van der Waals surface area contributed by atoms with Gasteiger partial charge in [-0.25, -0.2) is 0 Å². The van der Waals surface area contributed by atoms with E-state index in [0.29, 0.717) is 0 Å². The highest BCUT2D eigenvalue weighted by Gasteiger charge is 2.40. The Bertz CT molecular complexity index is 748. The summed E-state index contributed by atoms with van der Waals surface area (Å²) in [5.41, 5.74) is 0.380. The number of aliphatic hydroxyl groups is 1. The Morgan fingerprint density at radius 1 is 1.30 bits per heavy atom. The molecule has 0 spiro atoms. The summed E-state index contributed by atoms with van der Waals surface area (Å²) in [5.74, 6) is 0.273. The molecule has 3 nitrogen and oxygen atoms in total. The van der Waals surface area contributed by atoms with Gasteiger partial charge in [-0.3, -0.25) is 0 Å². The SMILES string of the molecule is COCCCC[C@@](O)(c1cccc2sc([Si](C)(C)C)cc12)C1CCCNC1. The van der Waals surface area contributed by atoms with Crippen LogP contribution in [0.4, 0.5) is 0 Å². The number of methoxy groups -OCH3 is 1. The smallest absolute Gasteiger partial charge is 0.0942 e. The molecular formula is C22H35NO2SSi. The van der Waals surface area contributed by atoms with Gasteiger partial charge in [0, 0.05) is 30.9 Å². The molecule has 1 fully saturated rings.